The van der Waals surface area contributed by atoms with Crippen molar-refractivity contribution in [1.82, 2.24) is 10.3 Å². The Labute approximate surface area is 170 Å². The lowest BCUT2D eigenvalue weighted by Crippen LogP contribution is -2.48. The zero-order valence-corrected chi connectivity index (χ0v) is 16.5. The molecule has 3 amide bonds. The molecule has 2 aliphatic heterocycles. The van der Waals surface area contributed by atoms with E-state index >= 15 is 0 Å². The molecule has 0 radical (unpaired) electrons. The van der Waals surface area contributed by atoms with E-state index in [2.05, 4.69) is 10.4 Å². The summed E-state index contributed by atoms with van der Waals surface area (Å²) in [5, 5.41) is 7.80. The fourth-order valence-corrected chi connectivity index (χ4v) is 4.83. The zero-order valence-electron chi connectivity index (χ0n) is 15.7. The first-order chi connectivity index (χ1) is 13.8. The van der Waals surface area contributed by atoms with Gasteiger partial charge in [-0.3, -0.25) is 14.4 Å². The van der Waals surface area contributed by atoms with Crippen LogP contribution >= 0.6 is 11.8 Å². The van der Waals surface area contributed by atoms with Gasteiger partial charge in [-0.25, -0.2) is 4.39 Å². The molecule has 1 spiro atoms. The zero-order chi connectivity index (χ0) is 20.8. The molecule has 1 N–H and O–H groups in total. The summed E-state index contributed by atoms with van der Waals surface area (Å²) in [5.74, 6) is -1.84. The highest BCUT2D eigenvalue weighted by Gasteiger charge is 2.61. The largest absolute Gasteiger partial charge is 0.304 e. The smallest absolute Gasteiger partial charge is 0.271 e. The van der Waals surface area contributed by atoms with Gasteiger partial charge in [0.2, 0.25) is 16.7 Å². The molecule has 1 unspecified atom stereocenters. The number of rotatable bonds is 2. The summed E-state index contributed by atoms with van der Waals surface area (Å²) in [6, 6.07) is 13.4. The molecule has 0 saturated carbocycles. The minimum Gasteiger partial charge on any atom is -0.304 e. The molecule has 2 aromatic rings. The van der Waals surface area contributed by atoms with Gasteiger partial charge in [-0.2, -0.15) is 5.01 Å². The number of hydrogen-bond donors (Lipinski definition) is 1. The molecule has 7 nitrogen and oxygen atoms in total. The molecule has 9 heteroatoms. The van der Waals surface area contributed by atoms with Crippen molar-refractivity contribution >= 4 is 40.3 Å². The molecule has 148 valence electrons. The van der Waals surface area contributed by atoms with Gasteiger partial charge in [0, 0.05) is 19.4 Å². The van der Waals surface area contributed by atoms with Gasteiger partial charge in [0.05, 0.1) is 12.2 Å². The average molecular weight is 412 g/mol. The number of carbonyl (C=O) groups is 3. The van der Waals surface area contributed by atoms with Crippen LogP contribution in [0.2, 0.25) is 0 Å². The molecule has 0 fully saturated rings. The monoisotopic (exact) mass is 412 g/mol. The van der Waals surface area contributed by atoms with E-state index in [0.29, 0.717) is 11.3 Å². The van der Waals surface area contributed by atoms with Crippen LogP contribution in [-0.2, 0) is 25.8 Å². The number of nitrogens with one attached hydrogen (secondary N) is 1. The molecule has 29 heavy (non-hydrogen) atoms. The maximum absolute atomic E-state index is 14.2. The van der Waals surface area contributed by atoms with Crippen molar-refractivity contribution in [2.45, 2.75) is 25.3 Å². The van der Waals surface area contributed by atoms with E-state index < -0.39 is 22.5 Å². The van der Waals surface area contributed by atoms with E-state index in [1.165, 1.54) is 36.9 Å². The SMILES string of the molecule is CC(=O)NC1=NN(C(C)=O)C2(S1)C(=O)N(Cc1ccccc1)c1ccc(F)cc12. The number of nitrogens with zero attached hydrogens (tertiary/aromatic N) is 3. The van der Waals surface area contributed by atoms with Gasteiger partial charge < -0.3 is 10.2 Å². The van der Waals surface area contributed by atoms with Crippen LogP contribution in [0.15, 0.2) is 53.6 Å². The van der Waals surface area contributed by atoms with E-state index in [1.807, 2.05) is 30.3 Å². The van der Waals surface area contributed by atoms with Crippen molar-refractivity contribution in [2.75, 3.05) is 4.90 Å². The predicted octanol–water partition coefficient (Wildman–Crippen LogP) is 2.53. The first kappa shape index (κ1) is 19.1. The van der Waals surface area contributed by atoms with Crippen molar-refractivity contribution in [3.63, 3.8) is 0 Å². The standard InChI is InChI=1S/C20H17FN4O3S/c1-12(26)22-19-23-25(13(2)27)20(29-19)16-10-15(21)8-9-17(16)24(18(20)28)11-14-6-4-3-5-7-14/h3-10H,11H2,1-2H3,(H,22,23,26). The van der Waals surface area contributed by atoms with Crippen LogP contribution in [0.3, 0.4) is 0 Å². The third kappa shape index (κ3) is 3.07. The number of hydrogen-bond acceptors (Lipinski definition) is 5. The van der Waals surface area contributed by atoms with E-state index in [4.69, 9.17) is 0 Å². The second-order valence-corrected chi connectivity index (χ2v) is 7.88. The Morgan fingerprint density at radius 3 is 2.55 bits per heavy atom. The quantitative estimate of drug-likeness (QED) is 0.822. The summed E-state index contributed by atoms with van der Waals surface area (Å²) in [5.41, 5.74) is 1.70. The van der Waals surface area contributed by atoms with Gasteiger partial charge in [-0.05, 0) is 35.5 Å². The molecule has 2 aromatic carbocycles. The third-order valence-electron chi connectivity index (χ3n) is 4.65. The van der Waals surface area contributed by atoms with Crippen LogP contribution in [0.5, 0.6) is 0 Å². The number of halogens is 1. The van der Waals surface area contributed by atoms with Crippen molar-refractivity contribution in [3.8, 4) is 0 Å². The van der Waals surface area contributed by atoms with Gasteiger partial charge in [0.15, 0.2) is 5.17 Å². The number of fused-ring (bicyclic) bond motifs is 2. The minimum absolute atomic E-state index is 0.109. The van der Waals surface area contributed by atoms with Crippen LogP contribution in [0.4, 0.5) is 10.1 Å². The number of benzene rings is 2. The van der Waals surface area contributed by atoms with Crippen LogP contribution in [0.25, 0.3) is 0 Å². The maximum atomic E-state index is 14.2. The van der Waals surface area contributed by atoms with Gasteiger partial charge in [-0.1, -0.05) is 30.3 Å². The summed E-state index contributed by atoms with van der Waals surface area (Å²) in [4.78, 5) is 37.4. The third-order valence-corrected chi connectivity index (χ3v) is 5.89. The molecule has 2 heterocycles. The molecule has 0 saturated heterocycles. The Morgan fingerprint density at radius 1 is 1.17 bits per heavy atom. The summed E-state index contributed by atoms with van der Waals surface area (Å²) >= 11 is 0.924. The first-order valence-corrected chi connectivity index (χ1v) is 9.66. The van der Waals surface area contributed by atoms with E-state index in [0.717, 1.165) is 22.3 Å². The van der Waals surface area contributed by atoms with Gasteiger partial charge in [0.25, 0.3) is 5.91 Å². The molecule has 4 rings (SSSR count). The fourth-order valence-electron chi connectivity index (χ4n) is 3.51. The first-order valence-electron chi connectivity index (χ1n) is 8.85. The number of thioether (sulfide) groups is 1. The molecule has 0 aliphatic carbocycles. The molecular formula is C20H17FN4O3S. The molecule has 0 aromatic heterocycles. The molecular weight excluding hydrogens is 395 g/mol. The topological polar surface area (TPSA) is 82.1 Å². The lowest BCUT2D eigenvalue weighted by Gasteiger charge is -2.29. The average Bonchev–Trinajstić information content (AvgIpc) is 3.15. The van der Waals surface area contributed by atoms with Crippen molar-refractivity contribution in [3.05, 3.63) is 65.5 Å². The van der Waals surface area contributed by atoms with Gasteiger partial charge >= 0.3 is 0 Å². The summed E-state index contributed by atoms with van der Waals surface area (Å²) < 4.78 is 14.2. The van der Waals surface area contributed by atoms with Crippen molar-refractivity contribution < 1.29 is 18.8 Å². The molecule has 1 atom stereocenters. The second-order valence-electron chi connectivity index (χ2n) is 6.70. The summed E-state index contributed by atoms with van der Waals surface area (Å²) in [7, 11) is 0. The van der Waals surface area contributed by atoms with Crippen molar-refractivity contribution in [1.29, 1.82) is 0 Å². The predicted molar refractivity (Wildman–Crippen MR) is 107 cm³/mol. The fraction of sp³-hybridized carbons (Fsp3) is 0.200. The van der Waals surface area contributed by atoms with Gasteiger partial charge in [-0.15, -0.1) is 5.10 Å². The van der Waals surface area contributed by atoms with E-state index in [-0.39, 0.29) is 17.6 Å². The van der Waals surface area contributed by atoms with Crippen LogP contribution in [0.1, 0.15) is 25.0 Å². The Hall–Kier alpha value is -3.20. The number of carbonyl (C=O) groups excluding carboxylic acids is 3. The Balaban J connectivity index is 1.83. The summed E-state index contributed by atoms with van der Waals surface area (Å²) in [6.07, 6.45) is 0. The lowest BCUT2D eigenvalue weighted by molar-refractivity contribution is -0.139. The Bertz CT molecular complexity index is 1060. The van der Waals surface area contributed by atoms with E-state index in [1.54, 1.807) is 0 Å². The lowest BCUT2D eigenvalue weighted by atomic mass is 10.1. The summed E-state index contributed by atoms with van der Waals surface area (Å²) in [6.45, 7) is 2.83. The normalized spacial score (nSPS) is 20.1. The molecule has 2 aliphatic rings. The van der Waals surface area contributed by atoms with Gasteiger partial charge in [0.1, 0.15) is 5.82 Å². The van der Waals surface area contributed by atoms with E-state index in [9.17, 15) is 18.8 Å². The highest BCUT2D eigenvalue weighted by molar-refractivity contribution is 8.15. The highest BCUT2D eigenvalue weighted by Crippen LogP contribution is 2.54. The maximum Gasteiger partial charge on any atom is 0.271 e. The molecule has 0 bridgehead atoms. The van der Waals surface area contributed by atoms with Crippen LogP contribution < -0.4 is 10.2 Å². The number of amidine groups is 1. The second kappa shape index (κ2) is 7.00. The highest BCUT2D eigenvalue weighted by atomic mass is 32.2. The number of hydrazone groups is 1. The Morgan fingerprint density at radius 2 is 1.90 bits per heavy atom. The van der Waals surface area contributed by atoms with Crippen molar-refractivity contribution in [2.24, 2.45) is 5.10 Å². The minimum atomic E-state index is -1.60. The number of amides is 3. The number of anilines is 1. The van der Waals surface area contributed by atoms with Crippen LogP contribution in [0, 0.1) is 5.82 Å². The van der Waals surface area contributed by atoms with Crippen LogP contribution in [-0.4, -0.2) is 27.9 Å². The Kier molecular flexibility index (Phi) is 4.62.